The Balaban J connectivity index is 1.58. The number of anilines is 2. The summed E-state index contributed by atoms with van der Waals surface area (Å²) in [7, 11) is 1.74. The van der Waals surface area contributed by atoms with Gasteiger partial charge in [0.1, 0.15) is 0 Å². The van der Waals surface area contributed by atoms with E-state index in [4.69, 9.17) is 0 Å². The highest BCUT2D eigenvalue weighted by molar-refractivity contribution is 7.18. The molecule has 0 atom stereocenters. The number of nitrogens with one attached hydrogen (secondary N) is 2. The van der Waals surface area contributed by atoms with E-state index in [9.17, 15) is 9.59 Å². The van der Waals surface area contributed by atoms with Gasteiger partial charge in [0, 0.05) is 18.1 Å². The Morgan fingerprint density at radius 2 is 1.88 bits per heavy atom. The fraction of sp³-hybridized carbons (Fsp3) is 0.167. The maximum atomic E-state index is 12.5. The minimum absolute atomic E-state index is 0.0998. The fourth-order valence-electron chi connectivity index (χ4n) is 2.30. The number of rotatable bonds is 5. The predicted molar refractivity (Wildman–Crippen MR) is 106 cm³/mol. The smallest absolute Gasteiger partial charge is 0.324 e. The summed E-state index contributed by atoms with van der Waals surface area (Å²) in [5.41, 5.74) is 1.58. The van der Waals surface area contributed by atoms with Crippen molar-refractivity contribution in [1.82, 2.24) is 9.88 Å². The summed E-state index contributed by atoms with van der Waals surface area (Å²) < 4.78 is 0. The van der Waals surface area contributed by atoms with Gasteiger partial charge in [-0.3, -0.25) is 10.1 Å². The van der Waals surface area contributed by atoms with Gasteiger partial charge >= 0.3 is 6.03 Å². The summed E-state index contributed by atoms with van der Waals surface area (Å²) in [5.74, 6) is -0.0998. The van der Waals surface area contributed by atoms with E-state index < -0.39 is 0 Å². The van der Waals surface area contributed by atoms with Crippen molar-refractivity contribution in [2.45, 2.75) is 13.5 Å². The molecule has 2 heterocycles. The number of hydrogen-bond acceptors (Lipinski definition) is 5. The number of benzene rings is 1. The molecule has 3 amide bonds. The normalized spacial score (nSPS) is 10.4. The van der Waals surface area contributed by atoms with Gasteiger partial charge in [0.15, 0.2) is 0 Å². The number of thiazole rings is 1. The van der Waals surface area contributed by atoms with E-state index in [1.807, 2.05) is 30.5 Å². The summed E-state index contributed by atoms with van der Waals surface area (Å²) in [6.07, 6.45) is 0. The first kappa shape index (κ1) is 18.1. The van der Waals surface area contributed by atoms with Crippen LogP contribution < -0.4 is 10.6 Å². The molecule has 134 valence electrons. The van der Waals surface area contributed by atoms with Gasteiger partial charge < -0.3 is 10.2 Å². The summed E-state index contributed by atoms with van der Waals surface area (Å²) in [4.78, 5) is 31.1. The van der Waals surface area contributed by atoms with Crippen LogP contribution in [0.5, 0.6) is 0 Å². The molecular formula is C18H18N4O2S2. The molecule has 3 rings (SSSR count). The number of aryl methyl sites for hydroxylation is 1. The standard InChI is InChI=1S/C18H18N4O2S2/c1-12-19-14(11-25-12)10-22(2)17(23)15-8-9-16(26-15)21-18(24)20-13-6-4-3-5-7-13/h3-9,11H,10H2,1-2H3,(H2,20,21,24). The fourth-order valence-corrected chi connectivity index (χ4v) is 3.80. The van der Waals surface area contributed by atoms with Crippen molar-refractivity contribution in [3.8, 4) is 0 Å². The van der Waals surface area contributed by atoms with E-state index in [2.05, 4.69) is 15.6 Å². The second kappa shape index (κ2) is 8.11. The highest BCUT2D eigenvalue weighted by Gasteiger charge is 2.16. The van der Waals surface area contributed by atoms with Crippen LogP contribution in [-0.4, -0.2) is 28.9 Å². The van der Waals surface area contributed by atoms with Gasteiger partial charge in [0.25, 0.3) is 5.91 Å². The number of para-hydroxylation sites is 1. The number of amides is 3. The summed E-state index contributed by atoms with van der Waals surface area (Å²) in [5, 5.41) is 9.03. The molecule has 0 fully saturated rings. The Morgan fingerprint density at radius 1 is 1.12 bits per heavy atom. The number of hydrogen-bond donors (Lipinski definition) is 2. The summed E-state index contributed by atoms with van der Waals surface area (Å²) in [6.45, 7) is 2.39. The van der Waals surface area contributed by atoms with Gasteiger partial charge in [-0.05, 0) is 31.2 Å². The third-order valence-electron chi connectivity index (χ3n) is 3.50. The van der Waals surface area contributed by atoms with Crippen LogP contribution >= 0.6 is 22.7 Å². The van der Waals surface area contributed by atoms with Crippen molar-refractivity contribution < 1.29 is 9.59 Å². The van der Waals surface area contributed by atoms with E-state index in [-0.39, 0.29) is 11.9 Å². The van der Waals surface area contributed by atoms with Crippen molar-refractivity contribution in [2.24, 2.45) is 0 Å². The molecule has 2 aromatic heterocycles. The molecular weight excluding hydrogens is 368 g/mol. The van der Waals surface area contributed by atoms with Crippen LogP contribution in [0.1, 0.15) is 20.4 Å². The van der Waals surface area contributed by atoms with E-state index in [0.29, 0.717) is 22.1 Å². The van der Waals surface area contributed by atoms with Crippen LogP contribution in [-0.2, 0) is 6.54 Å². The zero-order chi connectivity index (χ0) is 18.5. The average molecular weight is 387 g/mol. The number of urea groups is 1. The Kier molecular flexibility index (Phi) is 5.65. The van der Waals surface area contributed by atoms with Crippen molar-refractivity contribution in [3.05, 3.63) is 63.4 Å². The van der Waals surface area contributed by atoms with Crippen LogP contribution in [0.3, 0.4) is 0 Å². The lowest BCUT2D eigenvalue weighted by atomic mass is 10.3. The number of nitrogens with zero attached hydrogens (tertiary/aromatic N) is 2. The van der Waals surface area contributed by atoms with Gasteiger partial charge in [-0.2, -0.15) is 0 Å². The third kappa shape index (κ3) is 4.68. The van der Waals surface area contributed by atoms with E-state index in [1.54, 1.807) is 47.5 Å². The lowest BCUT2D eigenvalue weighted by Gasteiger charge is -2.14. The first-order valence-corrected chi connectivity index (χ1v) is 9.60. The van der Waals surface area contributed by atoms with Crippen LogP contribution in [0, 0.1) is 6.92 Å². The molecule has 6 nitrogen and oxygen atoms in total. The minimum Gasteiger partial charge on any atom is -0.335 e. The molecule has 8 heteroatoms. The van der Waals surface area contributed by atoms with Crippen LogP contribution in [0.25, 0.3) is 0 Å². The zero-order valence-electron chi connectivity index (χ0n) is 14.4. The second-order valence-corrected chi connectivity index (χ2v) is 7.77. The maximum Gasteiger partial charge on any atom is 0.324 e. The van der Waals surface area contributed by atoms with Crippen molar-refractivity contribution in [1.29, 1.82) is 0 Å². The molecule has 26 heavy (non-hydrogen) atoms. The predicted octanol–water partition coefficient (Wildman–Crippen LogP) is 4.43. The zero-order valence-corrected chi connectivity index (χ0v) is 16.0. The maximum absolute atomic E-state index is 12.5. The first-order valence-electron chi connectivity index (χ1n) is 7.90. The molecule has 0 aliphatic heterocycles. The number of carbonyl (C=O) groups is 2. The Morgan fingerprint density at radius 3 is 2.58 bits per heavy atom. The van der Waals surface area contributed by atoms with Crippen molar-refractivity contribution >= 4 is 45.3 Å². The molecule has 0 bridgehead atoms. The monoisotopic (exact) mass is 386 g/mol. The van der Waals surface area contributed by atoms with Crippen molar-refractivity contribution in [3.63, 3.8) is 0 Å². The molecule has 3 aromatic rings. The second-order valence-electron chi connectivity index (χ2n) is 5.63. The van der Waals surface area contributed by atoms with Gasteiger partial charge in [-0.15, -0.1) is 22.7 Å². The largest absolute Gasteiger partial charge is 0.335 e. The van der Waals surface area contributed by atoms with Crippen LogP contribution in [0.15, 0.2) is 47.8 Å². The average Bonchev–Trinajstić information content (AvgIpc) is 3.24. The quantitative estimate of drug-likeness (QED) is 0.681. The Hall–Kier alpha value is -2.71. The highest BCUT2D eigenvalue weighted by atomic mass is 32.1. The Labute approximate surface area is 159 Å². The lowest BCUT2D eigenvalue weighted by molar-refractivity contribution is 0.0788. The Bertz CT molecular complexity index is 905. The number of thiophene rings is 1. The van der Waals surface area contributed by atoms with Crippen molar-refractivity contribution in [2.75, 3.05) is 17.7 Å². The van der Waals surface area contributed by atoms with Crippen LogP contribution in [0.2, 0.25) is 0 Å². The number of carbonyl (C=O) groups excluding carboxylic acids is 2. The van der Waals surface area contributed by atoms with E-state index in [0.717, 1.165) is 10.7 Å². The summed E-state index contributed by atoms with van der Waals surface area (Å²) in [6, 6.07) is 12.3. The number of aromatic nitrogens is 1. The molecule has 0 radical (unpaired) electrons. The molecule has 0 saturated carbocycles. The molecule has 0 spiro atoms. The molecule has 2 N–H and O–H groups in total. The topological polar surface area (TPSA) is 74.3 Å². The molecule has 0 aliphatic carbocycles. The lowest BCUT2D eigenvalue weighted by Crippen LogP contribution is -2.25. The minimum atomic E-state index is -0.344. The molecule has 1 aromatic carbocycles. The first-order chi connectivity index (χ1) is 12.5. The third-order valence-corrected chi connectivity index (χ3v) is 5.31. The van der Waals surface area contributed by atoms with Gasteiger partial charge in [-0.1, -0.05) is 18.2 Å². The SMILES string of the molecule is Cc1nc(CN(C)C(=O)c2ccc(NC(=O)Nc3ccccc3)s2)cs1. The van der Waals surface area contributed by atoms with Gasteiger partial charge in [-0.25, -0.2) is 9.78 Å². The van der Waals surface area contributed by atoms with Gasteiger partial charge in [0.05, 0.1) is 27.1 Å². The molecule has 0 aliphatic rings. The molecule has 0 unspecified atom stereocenters. The van der Waals surface area contributed by atoms with E-state index in [1.165, 1.54) is 11.3 Å². The van der Waals surface area contributed by atoms with E-state index >= 15 is 0 Å². The van der Waals surface area contributed by atoms with Crippen LogP contribution in [0.4, 0.5) is 15.5 Å². The highest BCUT2D eigenvalue weighted by Crippen LogP contribution is 2.24. The molecule has 0 saturated heterocycles. The van der Waals surface area contributed by atoms with Gasteiger partial charge in [0.2, 0.25) is 0 Å². The summed E-state index contributed by atoms with van der Waals surface area (Å²) >= 11 is 2.81.